The Hall–Kier alpha value is -1.38. The van der Waals surface area contributed by atoms with Gasteiger partial charge in [-0.25, -0.2) is 13.1 Å². The van der Waals surface area contributed by atoms with Crippen LogP contribution in [0.4, 0.5) is 14.5 Å². The zero-order chi connectivity index (χ0) is 20.7. The summed E-state index contributed by atoms with van der Waals surface area (Å²) in [5.41, 5.74) is 0.318. The lowest BCUT2D eigenvalue weighted by atomic mass is 10.2. The normalized spacial score (nSPS) is 14.2. The molecule has 1 aliphatic heterocycles. The van der Waals surface area contributed by atoms with Crippen LogP contribution in [0.5, 0.6) is 0 Å². The predicted octanol–water partition coefficient (Wildman–Crippen LogP) is 5.89. The average Bonchev–Trinajstić information content (AvgIpc) is 2.69. The topological polar surface area (TPSA) is 41.6 Å². The van der Waals surface area contributed by atoms with E-state index in [-0.39, 0.29) is 16.3 Å². The average molecular weight is 449 g/mol. The summed E-state index contributed by atoms with van der Waals surface area (Å²) >= 11 is 13.8. The molecule has 3 rings (SSSR count). The van der Waals surface area contributed by atoms with Gasteiger partial charge in [-0.3, -0.25) is 4.79 Å². The molecule has 0 bridgehead atoms. The summed E-state index contributed by atoms with van der Waals surface area (Å²) < 4.78 is 33.7. The lowest BCUT2D eigenvalue weighted by Crippen LogP contribution is -2.30. The molecule has 28 heavy (non-hydrogen) atoms. The molecule has 0 unspecified atom stereocenters. The van der Waals surface area contributed by atoms with Gasteiger partial charge in [-0.15, -0.1) is 0 Å². The van der Waals surface area contributed by atoms with Gasteiger partial charge in [0.25, 0.3) is 5.91 Å². The van der Waals surface area contributed by atoms with Gasteiger partial charge in [0.15, 0.2) is 11.6 Å². The molecule has 0 radical (unpaired) electrons. The Balaban J connectivity index is 0.00000136. The molecule has 0 aliphatic carbocycles. The summed E-state index contributed by atoms with van der Waals surface area (Å²) in [7, 11) is 0. The predicted molar refractivity (Wildman–Crippen MR) is 110 cm³/mol. The number of anilines is 1. The number of hydrogen-bond acceptors (Lipinski definition) is 4. The van der Waals surface area contributed by atoms with E-state index < -0.39 is 17.5 Å². The Kier molecular flexibility index (Phi) is 8.98. The van der Waals surface area contributed by atoms with Gasteiger partial charge in [0, 0.05) is 29.7 Å². The SMILES string of the molecule is CC.O=C(Nc1ccc(F)c(F)c1)c1cc(SN2CCOCC2)c(Cl)cc1Cl. The molecule has 0 spiro atoms. The third kappa shape index (κ3) is 6.06. The van der Waals surface area contributed by atoms with Crippen LogP contribution in [-0.4, -0.2) is 36.5 Å². The molecule has 4 nitrogen and oxygen atoms in total. The number of ether oxygens (including phenoxy) is 1. The van der Waals surface area contributed by atoms with E-state index in [9.17, 15) is 13.6 Å². The maximum Gasteiger partial charge on any atom is 0.257 e. The lowest BCUT2D eigenvalue weighted by Gasteiger charge is -2.25. The highest BCUT2D eigenvalue weighted by Gasteiger charge is 2.18. The van der Waals surface area contributed by atoms with Crippen LogP contribution in [0.15, 0.2) is 35.2 Å². The van der Waals surface area contributed by atoms with Crippen LogP contribution in [0.1, 0.15) is 24.2 Å². The molecule has 2 aromatic carbocycles. The summed E-state index contributed by atoms with van der Waals surface area (Å²) in [6.45, 7) is 6.73. The van der Waals surface area contributed by atoms with E-state index in [0.29, 0.717) is 23.1 Å². The third-order valence-electron chi connectivity index (χ3n) is 3.64. The second-order valence-electron chi connectivity index (χ2n) is 5.48. The maximum atomic E-state index is 13.3. The minimum atomic E-state index is -1.05. The van der Waals surface area contributed by atoms with Crippen molar-refractivity contribution in [3.05, 3.63) is 57.6 Å². The standard InChI is InChI=1S/C17H14Cl2F2N2O2S.C2H6/c18-12-9-13(19)16(26-23-3-5-25-6-4-23)8-11(12)17(24)22-10-1-2-14(20)15(21)7-10;1-2/h1-2,7-9H,3-6H2,(H,22,24);1-2H3. The molecule has 2 aromatic rings. The first-order valence-corrected chi connectivity index (χ1v) is 10.2. The van der Waals surface area contributed by atoms with Crippen LogP contribution >= 0.6 is 35.1 Å². The summed E-state index contributed by atoms with van der Waals surface area (Å²) in [5.74, 6) is -2.58. The van der Waals surface area contributed by atoms with Crippen molar-refractivity contribution in [1.82, 2.24) is 4.31 Å². The number of nitrogens with zero attached hydrogens (tertiary/aromatic N) is 1. The highest BCUT2D eigenvalue weighted by molar-refractivity contribution is 7.97. The number of amides is 1. The number of carbonyl (C=O) groups excluding carboxylic acids is 1. The lowest BCUT2D eigenvalue weighted by molar-refractivity contribution is 0.0773. The summed E-state index contributed by atoms with van der Waals surface area (Å²) in [6, 6.07) is 6.18. The summed E-state index contributed by atoms with van der Waals surface area (Å²) in [6.07, 6.45) is 0. The fourth-order valence-corrected chi connectivity index (χ4v) is 3.82. The van der Waals surface area contributed by atoms with Gasteiger partial charge in [0.2, 0.25) is 0 Å². The van der Waals surface area contributed by atoms with E-state index in [0.717, 1.165) is 25.2 Å². The van der Waals surface area contributed by atoms with Gasteiger partial charge < -0.3 is 10.1 Å². The Bertz CT molecular complexity index is 834. The van der Waals surface area contributed by atoms with Crippen molar-refractivity contribution < 1.29 is 18.3 Å². The van der Waals surface area contributed by atoms with Crippen LogP contribution < -0.4 is 5.32 Å². The van der Waals surface area contributed by atoms with E-state index >= 15 is 0 Å². The smallest absolute Gasteiger partial charge is 0.257 e. The Labute approximate surface area is 177 Å². The molecule has 1 amide bonds. The molecule has 1 saturated heterocycles. The number of hydrogen-bond donors (Lipinski definition) is 1. The van der Waals surface area contributed by atoms with E-state index in [1.807, 2.05) is 13.8 Å². The van der Waals surface area contributed by atoms with Crippen molar-refractivity contribution in [3.63, 3.8) is 0 Å². The monoisotopic (exact) mass is 448 g/mol. The van der Waals surface area contributed by atoms with Gasteiger partial charge in [-0.2, -0.15) is 0 Å². The van der Waals surface area contributed by atoms with Crippen molar-refractivity contribution >= 4 is 46.7 Å². The zero-order valence-corrected chi connectivity index (χ0v) is 17.7. The van der Waals surface area contributed by atoms with Gasteiger partial charge >= 0.3 is 0 Å². The van der Waals surface area contributed by atoms with Gasteiger partial charge in [0.05, 0.1) is 28.8 Å². The van der Waals surface area contributed by atoms with E-state index in [1.165, 1.54) is 24.1 Å². The van der Waals surface area contributed by atoms with Crippen molar-refractivity contribution in [2.45, 2.75) is 18.7 Å². The molecule has 0 atom stereocenters. The van der Waals surface area contributed by atoms with Crippen molar-refractivity contribution in [3.8, 4) is 0 Å². The summed E-state index contributed by atoms with van der Waals surface area (Å²) in [4.78, 5) is 13.2. The minimum absolute atomic E-state index is 0.127. The molecule has 152 valence electrons. The van der Waals surface area contributed by atoms with Crippen LogP contribution in [0.3, 0.4) is 0 Å². The van der Waals surface area contributed by atoms with Gasteiger partial charge in [-0.1, -0.05) is 37.0 Å². The minimum Gasteiger partial charge on any atom is -0.379 e. The number of benzene rings is 2. The molecule has 1 fully saturated rings. The quantitative estimate of drug-likeness (QED) is 0.592. The molecule has 9 heteroatoms. The highest BCUT2D eigenvalue weighted by Crippen LogP contribution is 2.35. The third-order valence-corrected chi connectivity index (χ3v) is 5.54. The van der Waals surface area contributed by atoms with Gasteiger partial charge in [0.1, 0.15) is 0 Å². The van der Waals surface area contributed by atoms with Gasteiger partial charge in [-0.05, 0) is 36.2 Å². The second-order valence-corrected chi connectivity index (χ2v) is 7.43. The Morgan fingerprint density at radius 1 is 1.07 bits per heavy atom. The first-order valence-electron chi connectivity index (χ1n) is 8.70. The number of carbonyl (C=O) groups is 1. The molecule has 0 aromatic heterocycles. The number of nitrogens with one attached hydrogen (secondary N) is 1. The van der Waals surface area contributed by atoms with Crippen molar-refractivity contribution in [1.29, 1.82) is 0 Å². The largest absolute Gasteiger partial charge is 0.379 e. The van der Waals surface area contributed by atoms with E-state index in [1.54, 1.807) is 6.07 Å². The van der Waals surface area contributed by atoms with Crippen molar-refractivity contribution in [2.24, 2.45) is 0 Å². The highest BCUT2D eigenvalue weighted by atomic mass is 35.5. The fourth-order valence-electron chi connectivity index (χ4n) is 2.32. The molecule has 1 aliphatic rings. The molecular formula is C19H20Cl2F2N2O2S. The van der Waals surface area contributed by atoms with Crippen LogP contribution in [-0.2, 0) is 4.74 Å². The van der Waals surface area contributed by atoms with Crippen LogP contribution in [0.2, 0.25) is 10.0 Å². The molecule has 0 saturated carbocycles. The van der Waals surface area contributed by atoms with Crippen LogP contribution in [0.25, 0.3) is 0 Å². The van der Waals surface area contributed by atoms with E-state index in [2.05, 4.69) is 9.62 Å². The fraction of sp³-hybridized carbons (Fsp3) is 0.316. The van der Waals surface area contributed by atoms with Crippen molar-refractivity contribution in [2.75, 3.05) is 31.6 Å². The van der Waals surface area contributed by atoms with Crippen LogP contribution in [0, 0.1) is 11.6 Å². The Morgan fingerprint density at radius 3 is 2.39 bits per heavy atom. The first-order chi connectivity index (χ1) is 13.4. The number of morpholine rings is 1. The number of halogens is 4. The zero-order valence-electron chi connectivity index (χ0n) is 15.4. The summed E-state index contributed by atoms with van der Waals surface area (Å²) in [5, 5.41) is 3.10. The molecular weight excluding hydrogens is 429 g/mol. The Morgan fingerprint density at radius 2 is 1.75 bits per heavy atom. The molecule has 1 heterocycles. The number of rotatable bonds is 4. The second kappa shape index (κ2) is 11.0. The first kappa shape index (κ1) is 22.9. The maximum absolute atomic E-state index is 13.3. The van der Waals surface area contributed by atoms with E-state index in [4.69, 9.17) is 27.9 Å². The molecule has 1 N–H and O–H groups in total.